The van der Waals surface area contributed by atoms with Crippen LogP contribution in [-0.4, -0.2) is 53.2 Å². The van der Waals surface area contributed by atoms with Crippen LogP contribution in [-0.2, 0) is 17.7 Å². The monoisotopic (exact) mass is 537 g/mol. The van der Waals surface area contributed by atoms with Gasteiger partial charge in [0, 0.05) is 37.1 Å². The molecule has 0 aliphatic carbocycles. The first-order valence-corrected chi connectivity index (χ1v) is 10.9. The molecule has 29 heavy (non-hydrogen) atoms. The Kier molecular flexibility index (Phi) is 10.7. The Morgan fingerprint density at radius 3 is 2.79 bits per heavy atom. The standard InChI is InChI=1S/C20H35N5O2S.HI/c1-7-21-18(23-12-16-11-22-17(28-16)10-14(2)3)25-9-8-15(13-25)24-19(26)27-20(4,5)6;/h11,14-15H,7-10,12-13H2,1-6H3,(H,21,23)(H,24,26);1H/t15-;/m1./s1. The number of hydrogen-bond acceptors (Lipinski definition) is 5. The van der Waals surface area contributed by atoms with Crippen LogP contribution in [0.5, 0.6) is 0 Å². The highest BCUT2D eigenvalue weighted by atomic mass is 127. The Morgan fingerprint density at radius 2 is 2.17 bits per heavy atom. The van der Waals surface area contributed by atoms with E-state index in [9.17, 15) is 4.79 Å². The van der Waals surface area contributed by atoms with Crippen LogP contribution in [0.1, 0.15) is 57.8 Å². The van der Waals surface area contributed by atoms with Gasteiger partial charge in [0.25, 0.3) is 0 Å². The molecule has 1 aromatic rings. The van der Waals surface area contributed by atoms with Crippen molar-refractivity contribution in [3.05, 3.63) is 16.1 Å². The number of halogens is 1. The van der Waals surface area contributed by atoms with E-state index in [1.807, 2.05) is 27.0 Å². The molecule has 1 aliphatic heterocycles. The molecule has 0 aromatic carbocycles. The summed E-state index contributed by atoms with van der Waals surface area (Å²) in [4.78, 5) is 24.7. The van der Waals surface area contributed by atoms with Crippen LogP contribution in [0.25, 0.3) is 0 Å². The van der Waals surface area contributed by atoms with Gasteiger partial charge in [0.15, 0.2) is 5.96 Å². The van der Waals surface area contributed by atoms with Crippen molar-refractivity contribution < 1.29 is 9.53 Å². The number of carbonyl (C=O) groups excluding carboxylic acids is 1. The van der Waals surface area contributed by atoms with Gasteiger partial charge in [-0.05, 0) is 40.0 Å². The summed E-state index contributed by atoms with van der Waals surface area (Å²) in [6.45, 7) is 15.1. The fraction of sp³-hybridized carbons (Fsp3) is 0.750. The summed E-state index contributed by atoms with van der Waals surface area (Å²) in [6.07, 6.45) is 3.47. The third-order valence-electron chi connectivity index (χ3n) is 4.11. The van der Waals surface area contributed by atoms with Crippen molar-refractivity contribution in [3.63, 3.8) is 0 Å². The predicted octanol–water partition coefficient (Wildman–Crippen LogP) is 4.02. The molecule has 166 valence electrons. The Morgan fingerprint density at radius 1 is 1.45 bits per heavy atom. The molecule has 2 N–H and O–H groups in total. The largest absolute Gasteiger partial charge is 0.444 e. The number of thiazole rings is 1. The molecule has 9 heteroatoms. The second kappa shape index (κ2) is 11.9. The molecule has 0 unspecified atom stereocenters. The van der Waals surface area contributed by atoms with Gasteiger partial charge in [0.2, 0.25) is 0 Å². The zero-order chi connectivity index (χ0) is 20.7. The lowest BCUT2D eigenvalue weighted by Gasteiger charge is -2.23. The second-order valence-corrected chi connectivity index (χ2v) is 9.77. The second-order valence-electron chi connectivity index (χ2n) is 8.57. The van der Waals surface area contributed by atoms with Gasteiger partial charge in [-0.25, -0.2) is 14.8 Å². The smallest absolute Gasteiger partial charge is 0.407 e. The fourth-order valence-electron chi connectivity index (χ4n) is 2.99. The number of aliphatic imine (C=N–C) groups is 1. The minimum atomic E-state index is -0.484. The number of rotatable bonds is 6. The predicted molar refractivity (Wildman–Crippen MR) is 130 cm³/mol. The minimum Gasteiger partial charge on any atom is -0.444 e. The summed E-state index contributed by atoms with van der Waals surface area (Å²) >= 11 is 1.74. The number of likely N-dealkylation sites (tertiary alicyclic amines) is 1. The van der Waals surface area contributed by atoms with Gasteiger partial charge in [-0.2, -0.15) is 0 Å². The molecular weight excluding hydrogens is 501 g/mol. The highest BCUT2D eigenvalue weighted by molar-refractivity contribution is 14.0. The van der Waals surface area contributed by atoms with Gasteiger partial charge in [-0.3, -0.25) is 0 Å². The molecule has 1 aliphatic rings. The number of ether oxygens (including phenoxy) is 1. The highest BCUT2D eigenvalue weighted by Gasteiger charge is 2.27. The lowest BCUT2D eigenvalue weighted by atomic mass is 10.1. The van der Waals surface area contributed by atoms with E-state index < -0.39 is 5.60 Å². The van der Waals surface area contributed by atoms with Crippen LogP contribution < -0.4 is 10.6 Å². The summed E-state index contributed by atoms with van der Waals surface area (Å²) in [6, 6.07) is 0.0692. The molecule has 2 rings (SSSR count). The number of nitrogens with one attached hydrogen (secondary N) is 2. The molecule has 1 aromatic heterocycles. The van der Waals surface area contributed by atoms with Crippen molar-refractivity contribution in [2.75, 3.05) is 19.6 Å². The molecular formula is C20H36IN5O2S. The average Bonchev–Trinajstić information content (AvgIpc) is 3.18. The van der Waals surface area contributed by atoms with E-state index in [0.29, 0.717) is 12.5 Å². The van der Waals surface area contributed by atoms with Crippen LogP contribution in [0.15, 0.2) is 11.2 Å². The molecule has 0 spiro atoms. The third kappa shape index (κ3) is 9.50. The van der Waals surface area contributed by atoms with E-state index >= 15 is 0 Å². The van der Waals surface area contributed by atoms with Crippen LogP contribution in [0, 0.1) is 5.92 Å². The summed E-state index contributed by atoms with van der Waals surface area (Å²) in [7, 11) is 0. The maximum atomic E-state index is 12.0. The molecule has 1 atom stereocenters. The van der Waals surface area contributed by atoms with Crippen molar-refractivity contribution in [3.8, 4) is 0 Å². The quantitative estimate of drug-likeness (QED) is 0.326. The maximum Gasteiger partial charge on any atom is 0.407 e. The molecule has 0 radical (unpaired) electrons. The van der Waals surface area contributed by atoms with Gasteiger partial charge >= 0.3 is 6.09 Å². The summed E-state index contributed by atoms with van der Waals surface area (Å²) in [5, 5.41) is 7.50. The van der Waals surface area contributed by atoms with Crippen molar-refractivity contribution in [1.82, 2.24) is 20.5 Å². The molecule has 1 saturated heterocycles. The van der Waals surface area contributed by atoms with Gasteiger partial charge in [-0.15, -0.1) is 35.3 Å². The normalized spacial score (nSPS) is 17.3. The highest BCUT2D eigenvalue weighted by Crippen LogP contribution is 2.18. The van der Waals surface area contributed by atoms with E-state index in [1.54, 1.807) is 11.3 Å². The lowest BCUT2D eigenvalue weighted by molar-refractivity contribution is 0.0507. The Bertz CT molecular complexity index is 672. The molecule has 0 saturated carbocycles. The topological polar surface area (TPSA) is 78.9 Å². The third-order valence-corrected chi connectivity index (χ3v) is 5.12. The number of aromatic nitrogens is 1. The first-order chi connectivity index (χ1) is 13.2. The van der Waals surface area contributed by atoms with Crippen molar-refractivity contribution >= 4 is 47.4 Å². The summed E-state index contributed by atoms with van der Waals surface area (Å²) in [5.41, 5.74) is -0.484. The SMILES string of the molecule is CCNC(=NCc1cnc(CC(C)C)s1)N1CC[C@@H](NC(=O)OC(C)(C)C)C1.I. The van der Waals surface area contributed by atoms with Gasteiger partial charge < -0.3 is 20.3 Å². The summed E-state index contributed by atoms with van der Waals surface area (Å²) < 4.78 is 5.36. The Balaban J connectivity index is 0.00000420. The van der Waals surface area contributed by atoms with E-state index in [2.05, 4.69) is 41.3 Å². The Labute approximate surface area is 196 Å². The first-order valence-electron chi connectivity index (χ1n) is 10.1. The minimum absolute atomic E-state index is 0. The van der Waals surface area contributed by atoms with Crippen LogP contribution in [0.4, 0.5) is 4.79 Å². The molecule has 2 heterocycles. The molecule has 1 fully saturated rings. The number of carbonyl (C=O) groups is 1. The number of guanidine groups is 1. The number of amides is 1. The van der Waals surface area contributed by atoms with Crippen molar-refractivity contribution in [2.24, 2.45) is 10.9 Å². The molecule has 7 nitrogen and oxygen atoms in total. The van der Waals surface area contributed by atoms with Crippen molar-refractivity contribution in [2.45, 2.75) is 72.6 Å². The average molecular weight is 538 g/mol. The van der Waals surface area contributed by atoms with E-state index in [1.165, 1.54) is 9.88 Å². The number of hydrogen-bond donors (Lipinski definition) is 2. The number of nitrogens with zero attached hydrogens (tertiary/aromatic N) is 3. The summed E-state index contributed by atoms with van der Waals surface area (Å²) in [5.74, 6) is 1.49. The zero-order valence-corrected chi connectivity index (χ0v) is 21.6. The number of alkyl carbamates (subject to hydrolysis) is 1. The van der Waals surface area contributed by atoms with Crippen molar-refractivity contribution in [1.29, 1.82) is 0 Å². The fourth-order valence-corrected chi connectivity index (χ4v) is 4.05. The zero-order valence-electron chi connectivity index (χ0n) is 18.4. The van der Waals surface area contributed by atoms with Crippen LogP contribution in [0.3, 0.4) is 0 Å². The van der Waals surface area contributed by atoms with E-state index in [4.69, 9.17) is 9.73 Å². The van der Waals surface area contributed by atoms with Crippen LogP contribution in [0.2, 0.25) is 0 Å². The van der Waals surface area contributed by atoms with E-state index in [-0.39, 0.29) is 36.1 Å². The Hall–Kier alpha value is -1.10. The molecule has 0 bridgehead atoms. The molecule has 1 amide bonds. The van der Waals surface area contributed by atoms with Gasteiger partial charge in [0.1, 0.15) is 5.60 Å². The maximum absolute atomic E-state index is 12.0. The van der Waals surface area contributed by atoms with Gasteiger partial charge in [-0.1, -0.05) is 13.8 Å². The van der Waals surface area contributed by atoms with Gasteiger partial charge in [0.05, 0.1) is 17.6 Å². The van der Waals surface area contributed by atoms with Crippen LogP contribution >= 0.6 is 35.3 Å². The van der Waals surface area contributed by atoms with E-state index in [0.717, 1.165) is 38.4 Å². The lowest BCUT2D eigenvalue weighted by Crippen LogP contribution is -2.44. The first kappa shape index (κ1) is 25.9.